The zero-order chi connectivity index (χ0) is 15.2. The number of carbonyl (C=O) groups excluding carboxylic acids is 2. The highest BCUT2D eigenvalue weighted by Crippen LogP contribution is 2.02. The number of nitrogens with one attached hydrogen (secondary N) is 1. The molecule has 2 rings (SSSR count). The van der Waals surface area contributed by atoms with Crippen molar-refractivity contribution in [2.24, 2.45) is 0 Å². The summed E-state index contributed by atoms with van der Waals surface area (Å²) in [4.78, 5) is 23.0. The number of methoxy groups -OCH3 is 1. The van der Waals surface area contributed by atoms with Crippen LogP contribution in [-0.2, 0) is 22.6 Å². The zero-order valence-corrected chi connectivity index (χ0v) is 11.9. The SMILES string of the molecule is COC(=O)c1cn(CC(=O)NCc2ccc(C)cc2)nn1. The second-order valence-corrected chi connectivity index (χ2v) is 4.56. The first-order valence-electron chi connectivity index (χ1n) is 6.39. The Balaban J connectivity index is 1.85. The molecule has 0 unspecified atom stereocenters. The largest absolute Gasteiger partial charge is 0.464 e. The van der Waals surface area contributed by atoms with Gasteiger partial charge >= 0.3 is 5.97 Å². The van der Waals surface area contributed by atoms with Crippen LogP contribution in [-0.4, -0.2) is 34.0 Å². The molecule has 1 N–H and O–H groups in total. The van der Waals surface area contributed by atoms with Crippen molar-refractivity contribution in [1.29, 1.82) is 0 Å². The van der Waals surface area contributed by atoms with Gasteiger partial charge in [0.1, 0.15) is 6.54 Å². The highest BCUT2D eigenvalue weighted by atomic mass is 16.5. The Morgan fingerprint density at radius 3 is 2.67 bits per heavy atom. The standard InChI is InChI=1S/C14H16N4O3/c1-10-3-5-11(6-4-10)7-15-13(19)9-18-8-12(16-17-18)14(20)21-2/h3-6,8H,7,9H2,1-2H3,(H,15,19). The fourth-order valence-electron chi connectivity index (χ4n) is 1.68. The van der Waals surface area contributed by atoms with Gasteiger partial charge in [0, 0.05) is 6.54 Å². The molecule has 0 atom stereocenters. The highest BCUT2D eigenvalue weighted by molar-refractivity contribution is 5.86. The molecule has 0 fully saturated rings. The number of esters is 1. The topological polar surface area (TPSA) is 86.1 Å². The molecule has 0 saturated heterocycles. The predicted molar refractivity (Wildman–Crippen MR) is 74.4 cm³/mol. The number of nitrogens with zero attached hydrogens (tertiary/aromatic N) is 3. The van der Waals surface area contributed by atoms with E-state index in [1.165, 1.54) is 23.6 Å². The molecule has 1 aromatic heterocycles. The molecule has 0 aliphatic carbocycles. The van der Waals surface area contributed by atoms with Gasteiger partial charge in [-0.3, -0.25) is 4.79 Å². The van der Waals surface area contributed by atoms with E-state index in [1.54, 1.807) is 0 Å². The van der Waals surface area contributed by atoms with Gasteiger partial charge in [-0.05, 0) is 12.5 Å². The van der Waals surface area contributed by atoms with Crippen molar-refractivity contribution in [3.63, 3.8) is 0 Å². The Labute approximate surface area is 121 Å². The maximum Gasteiger partial charge on any atom is 0.360 e. The van der Waals surface area contributed by atoms with Crippen molar-refractivity contribution in [3.8, 4) is 0 Å². The number of ether oxygens (including phenoxy) is 1. The quantitative estimate of drug-likeness (QED) is 0.818. The third kappa shape index (κ3) is 4.13. The van der Waals surface area contributed by atoms with E-state index < -0.39 is 5.97 Å². The van der Waals surface area contributed by atoms with Crippen molar-refractivity contribution in [2.75, 3.05) is 7.11 Å². The lowest BCUT2D eigenvalue weighted by Crippen LogP contribution is -2.27. The number of rotatable bonds is 5. The maximum absolute atomic E-state index is 11.8. The van der Waals surface area contributed by atoms with Crippen molar-refractivity contribution in [3.05, 3.63) is 47.3 Å². The molecule has 21 heavy (non-hydrogen) atoms. The second-order valence-electron chi connectivity index (χ2n) is 4.56. The minimum atomic E-state index is -0.582. The fourth-order valence-corrected chi connectivity index (χ4v) is 1.68. The van der Waals surface area contributed by atoms with E-state index in [2.05, 4.69) is 20.4 Å². The minimum absolute atomic E-state index is 0.00411. The number of hydrogen-bond acceptors (Lipinski definition) is 5. The van der Waals surface area contributed by atoms with Gasteiger partial charge in [-0.1, -0.05) is 35.0 Å². The van der Waals surface area contributed by atoms with Gasteiger partial charge in [0.15, 0.2) is 5.69 Å². The second kappa shape index (κ2) is 6.65. The van der Waals surface area contributed by atoms with Crippen LogP contribution >= 0.6 is 0 Å². The van der Waals surface area contributed by atoms with Crippen molar-refractivity contribution < 1.29 is 14.3 Å². The Hall–Kier alpha value is -2.70. The van der Waals surface area contributed by atoms with Crippen LogP contribution in [0.15, 0.2) is 30.5 Å². The number of amides is 1. The normalized spacial score (nSPS) is 10.2. The monoisotopic (exact) mass is 288 g/mol. The predicted octanol–water partition coefficient (Wildman–Crippen LogP) is 0.690. The molecular weight excluding hydrogens is 272 g/mol. The summed E-state index contributed by atoms with van der Waals surface area (Å²) >= 11 is 0. The molecule has 0 aliphatic heterocycles. The molecule has 1 aromatic carbocycles. The molecule has 0 spiro atoms. The van der Waals surface area contributed by atoms with Crippen LogP contribution in [0.1, 0.15) is 21.6 Å². The average Bonchev–Trinajstić information content (AvgIpc) is 2.94. The lowest BCUT2D eigenvalue weighted by molar-refractivity contribution is -0.122. The summed E-state index contributed by atoms with van der Waals surface area (Å²) in [6.07, 6.45) is 1.37. The van der Waals surface area contributed by atoms with E-state index in [0.29, 0.717) is 6.54 Å². The molecule has 2 aromatic rings. The summed E-state index contributed by atoms with van der Waals surface area (Å²) in [5.41, 5.74) is 2.26. The van der Waals surface area contributed by atoms with Gasteiger partial charge in [-0.25, -0.2) is 9.48 Å². The summed E-state index contributed by atoms with van der Waals surface area (Å²) < 4.78 is 5.80. The summed E-state index contributed by atoms with van der Waals surface area (Å²) in [5.74, 6) is -0.793. The first-order valence-corrected chi connectivity index (χ1v) is 6.39. The Bertz CT molecular complexity index is 634. The summed E-state index contributed by atoms with van der Waals surface area (Å²) in [5, 5.41) is 10.1. The smallest absolute Gasteiger partial charge is 0.360 e. The first kappa shape index (κ1) is 14.7. The van der Waals surface area contributed by atoms with Crippen LogP contribution in [0.4, 0.5) is 0 Å². The van der Waals surface area contributed by atoms with E-state index in [0.717, 1.165) is 5.56 Å². The number of hydrogen-bond donors (Lipinski definition) is 1. The van der Waals surface area contributed by atoms with Crippen LogP contribution in [0.25, 0.3) is 0 Å². The molecule has 1 amide bonds. The van der Waals surface area contributed by atoms with E-state index in [4.69, 9.17) is 0 Å². The number of aromatic nitrogens is 3. The van der Waals surface area contributed by atoms with Crippen molar-refractivity contribution in [2.45, 2.75) is 20.0 Å². The van der Waals surface area contributed by atoms with Crippen molar-refractivity contribution in [1.82, 2.24) is 20.3 Å². The molecule has 0 aliphatic rings. The average molecular weight is 288 g/mol. The van der Waals surface area contributed by atoms with E-state index in [-0.39, 0.29) is 18.1 Å². The molecule has 0 radical (unpaired) electrons. The van der Waals surface area contributed by atoms with Gasteiger partial charge in [0.2, 0.25) is 5.91 Å². The van der Waals surface area contributed by atoms with E-state index >= 15 is 0 Å². The molecule has 0 bridgehead atoms. The number of benzene rings is 1. The third-order valence-corrected chi connectivity index (χ3v) is 2.85. The summed E-state index contributed by atoms with van der Waals surface area (Å²) in [7, 11) is 1.26. The van der Waals surface area contributed by atoms with Crippen LogP contribution in [0.5, 0.6) is 0 Å². The van der Waals surface area contributed by atoms with Crippen LogP contribution in [0, 0.1) is 6.92 Å². The molecule has 0 saturated carbocycles. The first-order chi connectivity index (χ1) is 10.1. The van der Waals surface area contributed by atoms with E-state index in [9.17, 15) is 9.59 Å². The highest BCUT2D eigenvalue weighted by Gasteiger charge is 2.12. The molecule has 1 heterocycles. The minimum Gasteiger partial charge on any atom is -0.464 e. The number of aryl methyl sites for hydroxylation is 1. The Morgan fingerprint density at radius 1 is 1.29 bits per heavy atom. The zero-order valence-electron chi connectivity index (χ0n) is 11.9. The van der Waals surface area contributed by atoms with Gasteiger partial charge < -0.3 is 10.1 Å². The maximum atomic E-state index is 11.8. The third-order valence-electron chi connectivity index (χ3n) is 2.85. The Kier molecular flexibility index (Phi) is 4.65. The van der Waals surface area contributed by atoms with Gasteiger partial charge in [-0.2, -0.15) is 0 Å². The Morgan fingerprint density at radius 2 is 2.00 bits per heavy atom. The lowest BCUT2D eigenvalue weighted by Gasteiger charge is -2.05. The summed E-state index contributed by atoms with van der Waals surface area (Å²) in [6.45, 7) is 2.44. The molecule has 7 heteroatoms. The summed E-state index contributed by atoms with van der Waals surface area (Å²) in [6, 6.07) is 7.89. The van der Waals surface area contributed by atoms with Gasteiger partial charge in [0.25, 0.3) is 0 Å². The van der Waals surface area contributed by atoms with Gasteiger partial charge in [0.05, 0.1) is 13.3 Å². The van der Waals surface area contributed by atoms with Gasteiger partial charge in [-0.15, -0.1) is 5.10 Å². The molecular formula is C14H16N4O3. The van der Waals surface area contributed by atoms with Crippen LogP contribution in [0.2, 0.25) is 0 Å². The lowest BCUT2D eigenvalue weighted by atomic mass is 10.1. The fraction of sp³-hybridized carbons (Fsp3) is 0.286. The van der Waals surface area contributed by atoms with Crippen LogP contribution in [0.3, 0.4) is 0 Å². The van der Waals surface area contributed by atoms with Crippen molar-refractivity contribution >= 4 is 11.9 Å². The van der Waals surface area contributed by atoms with E-state index in [1.807, 2.05) is 31.2 Å². The molecule has 110 valence electrons. The number of carbonyl (C=O) groups is 2. The van der Waals surface area contributed by atoms with Crippen LogP contribution < -0.4 is 5.32 Å². The molecule has 7 nitrogen and oxygen atoms in total.